The zero-order chi connectivity index (χ0) is 13.5. The molecule has 3 nitrogen and oxygen atoms in total. The highest BCUT2D eigenvalue weighted by atomic mass is 16.5. The molecule has 3 heteroatoms. The Morgan fingerprint density at radius 1 is 1.11 bits per heavy atom. The maximum absolute atomic E-state index is 8.80. The summed E-state index contributed by atoms with van der Waals surface area (Å²) in [5, 5.41) is 12.0. The van der Waals surface area contributed by atoms with Gasteiger partial charge in [0, 0.05) is 6.54 Å². The van der Waals surface area contributed by atoms with Gasteiger partial charge >= 0.3 is 0 Å². The van der Waals surface area contributed by atoms with E-state index >= 15 is 0 Å². The summed E-state index contributed by atoms with van der Waals surface area (Å²) >= 11 is 0. The number of ether oxygens (including phenoxy) is 1. The molecule has 1 atom stereocenters. The van der Waals surface area contributed by atoms with Gasteiger partial charge in [0.2, 0.25) is 0 Å². The van der Waals surface area contributed by atoms with Crippen molar-refractivity contribution in [1.29, 1.82) is 5.26 Å². The van der Waals surface area contributed by atoms with Crippen LogP contribution in [0.4, 0.5) is 5.69 Å². The van der Waals surface area contributed by atoms with Crippen LogP contribution in [0.1, 0.15) is 6.92 Å². The molecule has 0 amide bonds. The van der Waals surface area contributed by atoms with Gasteiger partial charge in [0.05, 0.1) is 17.7 Å². The molecule has 0 saturated heterocycles. The molecule has 1 unspecified atom stereocenters. The largest absolute Gasteiger partial charge is 0.455 e. The molecule has 0 heterocycles. The second-order valence-electron chi connectivity index (χ2n) is 4.32. The number of anilines is 1. The lowest BCUT2D eigenvalue weighted by Gasteiger charge is -2.13. The van der Waals surface area contributed by atoms with E-state index in [0.717, 1.165) is 17.2 Å². The third kappa shape index (κ3) is 3.75. The fraction of sp³-hybridized carbons (Fsp3) is 0.188. The second-order valence-corrected chi connectivity index (χ2v) is 4.32. The quantitative estimate of drug-likeness (QED) is 0.873. The summed E-state index contributed by atoms with van der Waals surface area (Å²) < 4.78 is 5.83. The second kappa shape index (κ2) is 6.46. The highest BCUT2D eigenvalue weighted by Crippen LogP contribution is 2.29. The van der Waals surface area contributed by atoms with E-state index in [4.69, 9.17) is 10.00 Å². The molecule has 19 heavy (non-hydrogen) atoms. The van der Waals surface area contributed by atoms with Crippen molar-refractivity contribution in [3.63, 3.8) is 0 Å². The number of nitrogens with zero attached hydrogens (tertiary/aromatic N) is 1. The molecule has 0 aliphatic carbocycles. The van der Waals surface area contributed by atoms with Crippen LogP contribution < -0.4 is 10.1 Å². The van der Waals surface area contributed by atoms with Crippen LogP contribution in [-0.4, -0.2) is 6.54 Å². The molecule has 0 saturated carbocycles. The molecule has 2 aromatic rings. The first-order valence-corrected chi connectivity index (χ1v) is 6.25. The summed E-state index contributed by atoms with van der Waals surface area (Å²) in [5.74, 6) is 1.52. The van der Waals surface area contributed by atoms with E-state index in [0.29, 0.717) is 6.54 Å². The van der Waals surface area contributed by atoms with Crippen molar-refractivity contribution in [3.05, 3.63) is 54.6 Å². The number of para-hydroxylation sites is 3. The topological polar surface area (TPSA) is 45.0 Å². The van der Waals surface area contributed by atoms with Gasteiger partial charge < -0.3 is 10.1 Å². The monoisotopic (exact) mass is 252 g/mol. The standard InChI is InChI=1S/C16H16N2O/c1-13(11-17)12-18-15-9-5-6-10-16(15)19-14-7-3-2-4-8-14/h2-10,13,18H,12H2,1H3. The van der Waals surface area contributed by atoms with Crippen LogP contribution in [0, 0.1) is 17.2 Å². The normalized spacial score (nSPS) is 11.4. The van der Waals surface area contributed by atoms with Gasteiger partial charge in [-0.15, -0.1) is 0 Å². The van der Waals surface area contributed by atoms with E-state index in [-0.39, 0.29) is 5.92 Å². The van der Waals surface area contributed by atoms with Crippen molar-refractivity contribution in [2.75, 3.05) is 11.9 Å². The van der Waals surface area contributed by atoms with Crippen molar-refractivity contribution in [2.45, 2.75) is 6.92 Å². The Morgan fingerprint density at radius 2 is 1.79 bits per heavy atom. The molecule has 0 aromatic heterocycles. The first-order chi connectivity index (χ1) is 9.29. The van der Waals surface area contributed by atoms with Gasteiger partial charge in [-0.25, -0.2) is 0 Å². The van der Waals surface area contributed by atoms with Crippen LogP contribution in [0.3, 0.4) is 0 Å². The molecule has 1 N–H and O–H groups in total. The van der Waals surface area contributed by atoms with Gasteiger partial charge in [0.1, 0.15) is 5.75 Å². The molecule has 2 aromatic carbocycles. The summed E-state index contributed by atoms with van der Waals surface area (Å²) in [6.07, 6.45) is 0. The number of hydrogen-bond donors (Lipinski definition) is 1. The lowest BCUT2D eigenvalue weighted by atomic mass is 10.2. The smallest absolute Gasteiger partial charge is 0.150 e. The predicted octanol–water partition coefficient (Wildman–Crippen LogP) is 4.05. The minimum Gasteiger partial charge on any atom is -0.455 e. The Kier molecular flexibility index (Phi) is 4.41. The van der Waals surface area contributed by atoms with E-state index in [9.17, 15) is 0 Å². The average Bonchev–Trinajstić information content (AvgIpc) is 2.47. The van der Waals surface area contributed by atoms with Gasteiger partial charge in [0.15, 0.2) is 5.75 Å². The Hall–Kier alpha value is -2.47. The maximum Gasteiger partial charge on any atom is 0.150 e. The van der Waals surface area contributed by atoms with Crippen molar-refractivity contribution >= 4 is 5.69 Å². The van der Waals surface area contributed by atoms with Crippen molar-refractivity contribution in [2.24, 2.45) is 5.92 Å². The Labute approximate surface area is 113 Å². The molecule has 2 rings (SSSR count). The Bertz CT molecular complexity index is 560. The molecule has 0 fully saturated rings. The zero-order valence-electron chi connectivity index (χ0n) is 10.8. The first kappa shape index (κ1) is 13.0. The van der Waals surface area contributed by atoms with Gasteiger partial charge in [-0.2, -0.15) is 5.26 Å². The van der Waals surface area contributed by atoms with Crippen LogP contribution in [0.15, 0.2) is 54.6 Å². The number of nitriles is 1. The SMILES string of the molecule is CC(C#N)CNc1ccccc1Oc1ccccc1. The van der Waals surface area contributed by atoms with Gasteiger partial charge in [-0.05, 0) is 31.2 Å². The van der Waals surface area contributed by atoms with E-state index in [1.54, 1.807) is 0 Å². The van der Waals surface area contributed by atoms with E-state index < -0.39 is 0 Å². The fourth-order valence-electron chi connectivity index (χ4n) is 1.63. The molecular weight excluding hydrogens is 236 g/mol. The summed E-state index contributed by atoms with van der Waals surface area (Å²) in [6.45, 7) is 2.49. The molecule has 0 aliphatic heterocycles. The summed E-state index contributed by atoms with van der Waals surface area (Å²) in [4.78, 5) is 0. The molecule has 0 aliphatic rings. The van der Waals surface area contributed by atoms with Crippen LogP contribution in [0.25, 0.3) is 0 Å². The van der Waals surface area contributed by atoms with Gasteiger partial charge in [-0.3, -0.25) is 0 Å². The molecule has 0 bridgehead atoms. The highest BCUT2D eigenvalue weighted by molar-refractivity contribution is 5.57. The van der Waals surface area contributed by atoms with E-state index in [1.807, 2.05) is 61.5 Å². The minimum absolute atomic E-state index is 0.0372. The number of rotatable bonds is 5. The molecule has 0 spiro atoms. The Balaban J connectivity index is 2.10. The number of hydrogen-bond acceptors (Lipinski definition) is 3. The molecular formula is C16H16N2O. The number of benzene rings is 2. The third-order valence-electron chi connectivity index (χ3n) is 2.68. The van der Waals surface area contributed by atoms with Crippen molar-refractivity contribution in [1.82, 2.24) is 0 Å². The Morgan fingerprint density at radius 3 is 2.53 bits per heavy atom. The lowest BCUT2D eigenvalue weighted by Crippen LogP contribution is -2.09. The molecule has 96 valence electrons. The summed E-state index contributed by atoms with van der Waals surface area (Å²) in [6, 6.07) is 19.6. The summed E-state index contributed by atoms with van der Waals surface area (Å²) in [7, 11) is 0. The first-order valence-electron chi connectivity index (χ1n) is 6.25. The fourth-order valence-corrected chi connectivity index (χ4v) is 1.63. The minimum atomic E-state index is -0.0372. The third-order valence-corrected chi connectivity index (χ3v) is 2.68. The van der Waals surface area contributed by atoms with E-state index in [2.05, 4.69) is 11.4 Å². The van der Waals surface area contributed by atoms with E-state index in [1.165, 1.54) is 0 Å². The number of nitrogens with one attached hydrogen (secondary N) is 1. The predicted molar refractivity (Wildman–Crippen MR) is 76.2 cm³/mol. The van der Waals surface area contributed by atoms with Crippen molar-refractivity contribution in [3.8, 4) is 17.6 Å². The van der Waals surface area contributed by atoms with Gasteiger partial charge in [0.25, 0.3) is 0 Å². The van der Waals surface area contributed by atoms with Crippen LogP contribution >= 0.6 is 0 Å². The molecule has 0 radical (unpaired) electrons. The average molecular weight is 252 g/mol. The highest BCUT2D eigenvalue weighted by Gasteiger charge is 2.05. The van der Waals surface area contributed by atoms with Crippen LogP contribution in [-0.2, 0) is 0 Å². The van der Waals surface area contributed by atoms with Crippen LogP contribution in [0.5, 0.6) is 11.5 Å². The van der Waals surface area contributed by atoms with Crippen LogP contribution in [0.2, 0.25) is 0 Å². The zero-order valence-corrected chi connectivity index (χ0v) is 10.8. The summed E-state index contributed by atoms with van der Waals surface area (Å²) in [5.41, 5.74) is 0.897. The van der Waals surface area contributed by atoms with Crippen molar-refractivity contribution < 1.29 is 4.74 Å². The van der Waals surface area contributed by atoms with Gasteiger partial charge in [-0.1, -0.05) is 30.3 Å². The lowest BCUT2D eigenvalue weighted by molar-refractivity contribution is 0.484. The maximum atomic E-state index is 8.80.